The van der Waals surface area contributed by atoms with Gasteiger partial charge in [-0.2, -0.15) is 0 Å². The number of anilines is 1. The number of carbonyl (C=O) groups excluding carboxylic acids is 2. The molecule has 1 aliphatic heterocycles. The van der Waals surface area contributed by atoms with Crippen LogP contribution in [0.2, 0.25) is 0 Å². The molecule has 1 saturated heterocycles. The molecule has 2 atom stereocenters. The van der Waals surface area contributed by atoms with Gasteiger partial charge in [-0.3, -0.25) is 14.5 Å². The van der Waals surface area contributed by atoms with Gasteiger partial charge in [0.2, 0.25) is 11.8 Å². The highest BCUT2D eigenvalue weighted by molar-refractivity contribution is 6.22. The SMILES string of the molecule is CC1=CCC2C(=O)N(c3cccc(C)c3)C(=O)C2C1. The fourth-order valence-corrected chi connectivity index (χ4v) is 3.06. The zero-order valence-corrected chi connectivity index (χ0v) is 11.2. The summed E-state index contributed by atoms with van der Waals surface area (Å²) >= 11 is 0. The second-order valence-corrected chi connectivity index (χ2v) is 5.55. The van der Waals surface area contributed by atoms with Crippen molar-refractivity contribution in [1.82, 2.24) is 0 Å². The van der Waals surface area contributed by atoms with Crippen LogP contribution in [0.1, 0.15) is 25.3 Å². The maximum absolute atomic E-state index is 12.5. The lowest BCUT2D eigenvalue weighted by molar-refractivity contribution is -0.122. The number of fused-ring (bicyclic) bond motifs is 1. The molecule has 1 aromatic rings. The van der Waals surface area contributed by atoms with Crippen molar-refractivity contribution in [2.45, 2.75) is 26.7 Å². The molecule has 2 aliphatic rings. The summed E-state index contributed by atoms with van der Waals surface area (Å²) < 4.78 is 0. The quantitative estimate of drug-likeness (QED) is 0.571. The third kappa shape index (κ3) is 1.89. The Morgan fingerprint density at radius 2 is 1.84 bits per heavy atom. The van der Waals surface area contributed by atoms with E-state index in [0.717, 1.165) is 12.0 Å². The van der Waals surface area contributed by atoms with Gasteiger partial charge in [0.15, 0.2) is 0 Å². The first-order valence-electron chi connectivity index (χ1n) is 6.68. The smallest absolute Gasteiger partial charge is 0.238 e. The van der Waals surface area contributed by atoms with E-state index in [1.54, 1.807) is 0 Å². The first-order valence-corrected chi connectivity index (χ1v) is 6.68. The van der Waals surface area contributed by atoms with Crippen LogP contribution < -0.4 is 4.90 Å². The summed E-state index contributed by atoms with van der Waals surface area (Å²) in [6.07, 6.45) is 3.51. The topological polar surface area (TPSA) is 37.4 Å². The van der Waals surface area contributed by atoms with Crippen molar-refractivity contribution in [3.8, 4) is 0 Å². The number of amides is 2. The summed E-state index contributed by atoms with van der Waals surface area (Å²) in [6.45, 7) is 4.00. The van der Waals surface area contributed by atoms with E-state index in [1.807, 2.05) is 38.1 Å². The largest absolute Gasteiger partial charge is 0.274 e. The Morgan fingerprint density at radius 3 is 2.58 bits per heavy atom. The summed E-state index contributed by atoms with van der Waals surface area (Å²) in [5.41, 5.74) is 2.98. The van der Waals surface area contributed by atoms with E-state index < -0.39 is 0 Å². The Bertz CT molecular complexity index is 588. The minimum absolute atomic E-state index is 0.0342. The number of imide groups is 1. The van der Waals surface area contributed by atoms with E-state index in [-0.39, 0.29) is 23.7 Å². The third-order valence-electron chi connectivity index (χ3n) is 4.08. The first-order chi connectivity index (χ1) is 9.08. The molecule has 0 radical (unpaired) electrons. The molecule has 0 N–H and O–H groups in total. The number of hydrogen-bond donors (Lipinski definition) is 0. The van der Waals surface area contributed by atoms with E-state index in [1.165, 1.54) is 10.5 Å². The van der Waals surface area contributed by atoms with Crippen molar-refractivity contribution in [2.24, 2.45) is 11.8 Å². The molecule has 0 aromatic heterocycles. The van der Waals surface area contributed by atoms with E-state index in [0.29, 0.717) is 12.1 Å². The van der Waals surface area contributed by atoms with Crippen LogP contribution in [0.25, 0.3) is 0 Å². The van der Waals surface area contributed by atoms with Crippen LogP contribution in [0.15, 0.2) is 35.9 Å². The number of aryl methyl sites for hydroxylation is 1. The van der Waals surface area contributed by atoms with Crippen LogP contribution in [0.3, 0.4) is 0 Å². The molecule has 1 heterocycles. The number of hydrogen-bond acceptors (Lipinski definition) is 2. The van der Waals surface area contributed by atoms with Crippen molar-refractivity contribution < 1.29 is 9.59 Å². The molecular weight excluding hydrogens is 238 g/mol. The number of rotatable bonds is 1. The minimum atomic E-state index is -0.156. The van der Waals surface area contributed by atoms with Gasteiger partial charge in [-0.05, 0) is 44.4 Å². The maximum Gasteiger partial charge on any atom is 0.238 e. The number of carbonyl (C=O) groups is 2. The fraction of sp³-hybridized carbons (Fsp3) is 0.375. The van der Waals surface area contributed by atoms with Gasteiger partial charge in [0.1, 0.15) is 0 Å². The predicted molar refractivity (Wildman–Crippen MR) is 73.6 cm³/mol. The Balaban J connectivity index is 1.97. The number of allylic oxidation sites excluding steroid dienone is 2. The number of nitrogens with zero attached hydrogens (tertiary/aromatic N) is 1. The summed E-state index contributed by atoms with van der Waals surface area (Å²) in [7, 11) is 0. The zero-order chi connectivity index (χ0) is 13.6. The van der Waals surface area contributed by atoms with Crippen LogP contribution in [0.4, 0.5) is 5.69 Å². The van der Waals surface area contributed by atoms with Gasteiger partial charge in [0.25, 0.3) is 0 Å². The fourth-order valence-electron chi connectivity index (χ4n) is 3.06. The van der Waals surface area contributed by atoms with Gasteiger partial charge >= 0.3 is 0 Å². The van der Waals surface area contributed by atoms with Crippen LogP contribution in [0, 0.1) is 18.8 Å². The number of benzene rings is 1. The molecule has 0 spiro atoms. The van der Waals surface area contributed by atoms with Gasteiger partial charge < -0.3 is 0 Å². The van der Waals surface area contributed by atoms with Crippen molar-refractivity contribution in [3.63, 3.8) is 0 Å². The van der Waals surface area contributed by atoms with Crippen LogP contribution in [0.5, 0.6) is 0 Å². The summed E-state index contributed by atoms with van der Waals surface area (Å²) in [6, 6.07) is 7.58. The highest BCUT2D eigenvalue weighted by Gasteiger charge is 2.48. The average molecular weight is 255 g/mol. The molecule has 1 aliphatic carbocycles. The Hall–Kier alpha value is -1.90. The Labute approximate surface area is 112 Å². The predicted octanol–water partition coefficient (Wildman–Crippen LogP) is 2.84. The molecule has 3 rings (SSSR count). The average Bonchev–Trinajstić information content (AvgIpc) is 2.61. The molecule has 2 amide bonds. The summed E-state index contributed by atoms with van der Waals surface area (Å²) in [5.74, 6) is -0.382. The summed E-state index contributed by atoms with van der Waals surface area (Å²) in [4.78, 5) is 26.3. The molecule has 0 saturated carbocycles. The van der Waals surface area contributed by atoms with E-state index >= 15 is 0 Å². The molecule has 0 bridgehead atoms. The van der Waals surface area contributed by atoms with Gasteiger partial charge in [-0.1, -0.05) is 23.8 Å². The van der Waals surface area contributed by atoms with Gasteiger partial charge in [0.05, 0.1) is 17.5 Å². The molecule has 1 fully saturated rings. The Morgan fingerprint density at radius 1 is 1.11 bits per heavy atom. The van der Waals surface area contributed by atoms with Crippen molar-refractivity contribution in [2.75, 3.05) is 4.90 Å². The van der Waals surface area contributed by atoms with E-state index in [4.69, 9.17) is 0 Å². The highest BCUT2D eigenvalue weighted by Crippen LogP contribution is 2.39. The molecule has 3 nitrogen and oxygen atoms in total. The second kappa shape index (κ2) is 4.34. The molecule has 2 unspecified atom stereocenters. The molecular formula is C16H17NO2. The van der Waals surface area contributed by atoms with Crippen LogP contribution >= 0.6 is 0 Å². The lowest BCUT2D eigenvalue weighted by atomic mass is 9.82. The van der Waals surface area contributed by atoms with E-state index in [2.05, 4.69) is 6.08 Å². The lowest BCUT2D eigenvalue weighted by Gasteiger charge is -2.18. The van der Waals surface area contributed by atoms with Gasteiger partial charge in [-0.25, -0.2) is 0 Å². The van der Waals surface area contributed by atoms with Crippen molar-refractivity contribution in [3.05, 3.63) is 41.5 Å². The van der Waals surface area contributed by atoms with Gasteiger partial charge in [0, 0.05) is 0 Å². The molecule has 19 heavy (non-hydrogen) atoms. The highest BCUT2D eigenvalue weighted by atomic mass is 16.2. The third-order valence-corrected chi connectivity index (χ3v) is 4.08. The monoisotopic (exact) mass is 255 g/mol. The molecule has 98 valence electrons. The normalized spacial score (nSPS) is 26.4. The van der Waals surface area contributed by atoms with E-state index in [9.17, 15) is 9.59 Å². The second-order valence-electron chi connectivity index (χ2n) is 5.55. The maximum atomic E-state index is 12.5. The zero-order valence-electron chi connectivity index (χ0n) is 11.2. The minimum Gasteiger partial charge on any atom is -0.274 e. The molecule has 1 aromatic carbocycles. The first kappa shape index (κ1) is 12.2. The van der Waals surface area contributed by atoms with Crippen LogP contribution in [-0.2, 0) is 9.59 Å². The van der Waals surface area contributed by atoms with Gasteiger partial charge in [-0.15, -0.1) is 0 Å². The van der Waals surface area contributed by atoms with Crippen molar-refractivity contribution >= 4 is 17.5 Å². The molecule has 3 heteroatoms. The Kier molecular flexibility index (Phi) is 2.77. The van der Waals surface area contributed by atoms with Crippen molar-refractivity contribution in [1.29, 1.82) is 0 Å². The van der Waals surface area contributed by atoms with Crippen LogP contribution in [-0.4, -0.2) is 11.8 Å². The summed E-state index contributed by atoms with van der Waals surface area (Å²) in [5, 5.41) is 0. The lowest BCUT2D eigenvalue weighted by Crippen LogP contribution is -2.30. The standard InChI is InChI=1S/C16H17NO2/c1-10-4-3-5-12(8-10)17-15(18)13-7-6-11(2)9-14(13)16(17)19/h3-6,8,13-14H,7,9H2,1-2H3.